The molecule has 16 heavy (non-hydrogen) atoms. The molecular formula is C14H18O2. The second kappa shape index (κ2) is 6.92. The Kier molecular flexibility index (Phi) is 5.45. The minimum Gasteiger partial charge on any atom is -0.494 e. The Labute approximate surface area is 97.3 Å². The van der Waals surface area contributed by atoms with Gasteiger partial charge in [0, 0.05) is 5.56 Å². The number of ether oxygens (including phenoxy) is 1. The first-order valence-corrected chi connectivity index (χ1v) is 5.55. The lowest BCUT2D eigenvalue weighted by Gasteiger charge is -2.07. The molecule has 0 bridgehead atoms. The second-order valence-electron chi connectivity index (χ2n) is 4.02. The zero-order valence-corrected chi connectivity index (χ0v) is 9.86. The van der Waals surface area contributed by atoms with Crippen molar-refractivity contribution in [1.82, 2.24) is 0 Å². The quantitative estimate of drug-likeness (QED) is 0.787. The summed E-state index contributed by atoms with van der Waals surface area (Å²) in [5.74, 6) is 6.96. The summed E-state index contributed by atoms with van der Waals surface area (Å²) in [6.45, 7) is 4.96. The molecule has 1 rings (SSSR count). The third kappa shape index (κ3) is 4.86. The molecule has 0 aromatic heterocycles. The van der Waals surface area contributed by atoms with E-state index in [9.17, 15) is 0 Å². The average Bonchev–Trinajstić information content (AvgIpc) is 2.26. The van der Waals surface area contributed by atoms with Crippen LogP contribution in [0.5, 0.6) is 5.75 Å². The Bertz CT molecular complexity index is 372. The fourth-order valence-electron chi connectivity index (χ4n) is 1.22. The highest BCUT2D eigenvalue weighted by molar-refractivity contribution is 5.39. The van der Waals surface area contributed by atoms with Gasteiger partial charge in [0.2, 0.25) is 0 Å². The van der Waals surface area contributed by atoms with Crippen LogP contribution in [0.2, 0.25) is 0 Å². The average molecular weight is 218 g/mol. The van der Waals surface area contributed by atoms with E-state index in [1.54, 1.807) is 0 Å². The van der Waals surface area contributed by atoms with Crippen LogP contribution in [0.1, 0.15) is 25.8 Å². The largest absolute Gasteiger partial charge is 0.494 e. The van der Waals surface area contributed by atoms with Gasteiger partial charge in [-0.2, -0.15) is 0 Å². The summed E-state index contributed by atoms with van der Waals surface area (Å²) in [6, 6.07) is 7.62. The molecule has 0 saturated carbocycles. The Morgan fingerprint density at radius 3 is 2.88 bits per heavy atom. The van der Waals surface area contributed by atoms with E-state index >= 15 is 0 Å². The lowest BCUT2D eigenvalue weighted by molar-refractivity contribution is 0.289. The predicted octanol–water partition coefficient (Wildman–Crippen LogP) is 2.46. The van der Waals surface area contributed by atoms with Crippen molar-refractivity contribution >= 4 is 0 Å². The highest BCUT2D eigenvalue weighted by atomic mass is 16.5. The molecule has 0 aliphatic carbocycles. The first-order valence-electron chi connectivity index (χ1n) is 5.55. The number of hydrogen-bond donors (Lipinski definition) is 1. The first-order chi connectivity index (χ1) is 7.72. The standard InChI is InChI=1S/C14H18O2/c1-12(2)8-10-16-14-7-3-5-13(11-14)6-4-9-15/h3,5,7,11-12,15H,8-10H2,1-2H3. The molecule has 2 heteroatoms. The summed E-state index contributed by atoms with van der Waals surface area (Å²) in [4.78, 5) is 0. The van der Waals surface area contributed by atoms with Crippen molar-refractivity contribution in [2.45, 2.75) is 20.3 Å². The zero-order valence-electron chi connectivity index (χ0n) is 9.86. The number of rotatable bonds is 4. The number of benzene rings is 1. The van der Waals surface area contributed by atoms with E-state index < -0.39 is 0 Å². The van der Waals surface area contributed by atoms with E-state index in [-0.39, 0.29) is 6.61 Å². The molecule has 0 saturated heterocycles. The number of aliphatic hydroxyl groups is 1. The predicted molar refractivity (Wildman–Crippen MR) is 65.4 cm³/mol. The molecule has 0 heterocycles. The molecule has 0 amide bonds. The Balaban J connectivity index is 2.54. The molecule has 1 N–H and O–H groups in total. The van der Waals surface area contributed by atoms with Crippen LogP contribution in [0.4, 0.5) is 0 Å². The highest BCUT2D eigenvalue weighted by Gasteiger charge is 1.97. The van der Waals surface area contributed by atoms with Crippen LogP contribution in [-0.2, 0) is 0 Å². The molecule has 0 spiro atoms. The van der Waals surface area contributed by atoms with Crippen LogP contribution in [0, 0.1) is 17.8 Å². The van der Waals surface area contributed by atoms with Crippen LogP contribution in [-0.4, -0.2) is 18.3 Å². The molecule has 0 atom stereocenters. The Hall–Kier alpha value is -1.46. The van der Waals surface area contributed by atoms with Crippen molar-refractivity contribution in [2.75, 3.05) is 13.2 Å². The third-order valence-electron chi connectivity index (χ3n) is 2.11. The smallest absolute Gasteiger partial charge is 0.120 e. The molecule has 0 aliphatic rings. The van der Waals surface area contributed by atoms with Crippen LogP contribution in [0.25, 0.3) is 0 Å². The molecule has 1 aromatic rings. The number of aliphatic hydroxyl groups excluding tert-OH is 1. The molecule has 2 nitrogen and oxygen atoms in total. The maximum Gasteiger partial charge on any atom is 0.120 e. The molecular weight excluding hydrogens is 200 g/mol. The van der Waals surface area contributed by atoms with Gasteiger partial charge in [-0.3, -0.25) is 0 Å². The van der Waals surface area contributed by atoms with Crippen molar-refractivity contribution in [3.05, 3.63) is 29.8 Å². The van der Waals surface area contributed by atoms with Gasteiger partial charge in [-0.1, -0.05) is 31.8 Å². The molecule has 86 valence electrons. The molecule has 0 radical (unpaired) electrons. The number of hydrogen-bond acceptors (Lipinski definition) is 2. The summed E-state index contributed by atoms with van der Waals surface area (Å²) in [7, 11) is 0. The highest BCUT2D eigenvalue weighted by Crippen LogP contribution is 2.13. The van der Waals surface area contributed by atoms with Gasteiger partial charge in [-0.15, -0.1) is 0 Å². The van der Waals surface area contributed by atoms with Gasteiger partial charge in [0.15, 0.2) is 0 Å². The SMILES string of the molecule is CC(C)CCOc1cccc(C#CCO)c1. The van der Waals surface area contributed by atoms with Gasteiger partial charge >= 0.3 is 0 Å². The van der Waals surface area contributed by atoms with Crippen molar-refractivity contribution in [2.24, 2.45) is 5.92 Å². The van der Waals surface area contributed by atoms with Crippen molar-refractivity contribution in [3.8, 4) is 17.6 Å². The van der Waals surface area contributed by atoms with E-state index in [4.69, 9.17) is 9.84 Å². The molecule has 1 aromatic carbocycles. The van der Waals surface area contributed by atoms with Crippen LogP contribution in [0.15, 0.2) is 24.3 Å². The van der Waals surface area contributed by atoms with E-state index in [1.165, 1.54) is 0 Å². The summed E-state index contributed by atoms with van der Waals surface area (Å²) < 4.78 is 5.61. The van der Waals surface area contributed by atoms with E-state index in [0.717, 1.165) is 24.3 Å². The topological polar surface area (TPSA) is 29.5 Å². The van der Waals surface area contributed by atoms with Gasteiger partial charge in [0.25, 0.3) is 0 Å². The molecule has 0 unspecified atom stereocenters. The maximum atomic E-state index is 8.59. The lowest BCUT2D eigenvalue weighted by Crippen LogP contribution is -2.01. The van der Waals surface area contributed by atoms with Gasteiger partial charge in [-0.05, 0) is 30.5 Å². The minimum absolute atomic E-state index is 0.113. The summed E-state index contributed by atoms with van der Waals surface area (Å²) in [6.07, 6.45) is 1.05. The monoisotopic (exact) mass is 218 g/mol. The minimum atomic E-state index is -0.113. The van der Waals surface area contributed by atoms with E-state index in [1.807, 2.05) is 24.3 Å². The van der Waals surface area contributed by atoms with E-state index in [2.05, 4.69) is 25.7 Å². The zero-order chi connectivity index (χ0) is 11.8. The normalized spacial score (nSPS) is 9.75. The third-order valence-corrected chi connectivity index (χ3v) is 2.11. The van der Waals surface area contributed by atoms with Gasteiger partial charge in [0.05, 0.1) is 6.61 Å². The van der Waals surface area contributed by atoms with Crippen LogP contribution in [0.3, 0.4) is 0 Å². The first kappa shape index (κ1) is 12.6. The Morgan fingerprint density at radius 1 is 1.38 bits per heavy atom. The summed E-state index contributed by atoms with van der Waals surface area (Å²) in [5, 5.41) is 8.59. The Morgan fingerprint density at radius 2 is 2.19 bits per heavy atom. The molecule has 0 fully saturated rings. The second-order valence-corrected chi connectivity index (χ2v) is 4.02. The van der Waals surface area contributed by atoms with Gasteiger partial charge in [0.1, 0.15) is 12.4 Å². The van der Waals surface area contributed by atoms with Crippen molar-refractivity contribution in [1.29, 1.82) is 0 Å². The van der Waals surface area contributed by atoms with Gasteiger partial charge < -0.3 is 9.84 Å². The van der Waals surface area contributed by atoms with Gasteiger partial charge in [-0.25, -0.2) is 0 Å². The lowest BCUT2D eigenvalue weighted by atomic mass is 10.1. The molecule has 0 aliphatic heterocycles. The maximum absolute atomic E-state index is 8.59. The fraction of sp³-hybridized carbons (Fsp3) is 0.429. The summed E-state index contributed by atoms with van der Waals surface area (Å²) >= 11 is 0. The van der Waals surface area contributed by atoms with Crippen molar-refractivity contribution in [3.63, 3.8) is 0 Å². The van der Waals surface area contributed by atoms with Crippen LogP contribution < -0.4 is 4.74 Å². The van der Waals surface area contributed by atoms with Crippen molar-refractivity contribution < 1.29 is 9.84 Å². The fourth-order valence-corrected chi connectivity index (χ4v) is 1.22. The summed E-state index contributed by atoms with van der Waals surface area (Å²) in [5.41, 5.74) is 0.871. The van der Waals surface area contributed by atoms with E-state index in [0.29, 0.717) is 5.92 Å². The van der Waals surface area contributed by atoms with Crippen LogP contribution >= 0.6 is 0 Å².